The zero-order valence-electron chi connectivity index (χ0n) is 21.6. The lowest BCUT2D eigenvalue weighted by atomic mass is 9.46. The standard InChI is InChI=1S/C29H46O4/c1-7-19(17(2)3)9-8-18(4)22-16-24(32)25-26-23(31)15-20-14-21(30)10-11-28(20,6)29(26,33)13-12-27(22,25)5/h8-9,17-22,24,30,32-33H,7,10-16H2,1-6H3/b9-8+/t18-,19-,20-,21+,22-,24+,27-,28+,29-/m1/s1. The lowest BCUT2D eigenvalue weighted by molar-refractivity contribution is -0.161. The van der Waals surface area contributed by atoms with E-state index in [9.17, 15) is 20.1 Å². The molecular weight excluding hydrogens is 412 g/mol. The first kappa shape index (κ1) is 25.1. The van der Waals surface area contributed by atoms with Crippen LogP contribution in [-0.2, 0) is 4.79 Å². The zero-order chi connectivity index (χ0) is 24.3. The van der Waals surface area contributed by atoms with Gasteiger partial charge in [-0.05, 0) is 85.5 Å². The summed E-state index contributed by atoms with van der Waals surface area (Å²) in [7, 11) is 0. The van der Waals surface area contributed by atoms with Gasteiger partial charge in [0.2, 0.25) is 0 Å². The summed E-state index contributed by atoms with van der Waals surface area (Å²) < 4.78 is 0. The van der Waals surface area contributed by atoms with Gasteiger partial charge in [-0.25, -0.2) is 0 Å². The first-order chi connectivity index (χ1) is 15.4. The van der Waals surface area contributed by atoms with Gasteiger partial charge in [-0.1, -0.05) is 53.7 Å². The van der Waals surface area contributed by atoms with Gasteiger partial charge >= 0.3 is 0 Å². The molecule has 3 N–H and O–H groups in total. The number of carbonyl (C=O) groups is 1. The SMILES string of the molecule is CC[C@H](/C=C/[C@@H](C)[C@H]1C[C@H](O)C2=C3C(=O)C[C@H]4C[C@@H](O)CC[C@]4(C)[C@@]3(O)CC[C@@]21C)C(C)C. The molecule has 0 amide bonds. The lowest BCUT2D eigenvalue weighted by Crippen LogP contribution is -2.62. The fourth-order valence-corrected chi connectivity index (χ4v) is 8.34. The third-order valence-electron chi connectivity index (χ3n) is 10.7. The Hall–Kier alpha value is -0.970. The first-order valence-corrected chi connectivity index (χ1v) is 13.4. The van der Waals surface area contributed by atoms with Crippen LogP contribution in [-0.4, -0.2) is 38.9 Å². The molecule has 0 aromatic carbocycles. The minimum Gasteiger partial charge on any atom is -0.393 e. The van der Waals surface area contributed by atoms with Gasteiger partial charge in [0.1, 0.15) is 0 Å². The normalized spacial score (nSPS) is 45.2. The van der Waals surface area contributed by atoms with Crippen LogP contribution >= 0.6 is 0 Å². The number of aliphatic hydroxyl groups excluding tert-OH is 2. The second-order valence-corrected chi connectivity index (χ2v) is 12.7. The highest BCUT2D eigenvalue weighted by Crippen LogP contribution is 2.66. The van der Waals surface area contributed by atoms with Crippen LogP contribution < -0.4 is 0 Å². The molecule has 0 radical (unpaired) electrons. The van der Waals surface area contributed by atoms with E-state index < -0.39 is 17.1 Å². The molecule has 0 aromatic rings. The summed E-state index contributed by atoms with van der Waals surface area (Å²) in [6, 6.07) is 0. The largest absolute Gasteiger partial charge is 0.393 e. The van der Waals surface area contributed by atoms with Crippen molar-refractivity contribution in [1.82, 2.24) is 0 Å². The van der Waals surface area contributed by atoms with Crippen molar-refractivity contribution in [3.63, 3.8) is 0 Å². The maximum Gasteiger partial charge on any atom is 0.162 e. The fourth-order valence-electron chi connectivity index (χ4n) is 8.34. The van der Waals surface area contributed by atoms with E-state index in [0.717, 1.165) is 24.8 Å². The van der Waals surface area contributed by atoms with Gasteiger partial charge in [0, 0.05) is 17.4 Å². The van der Waals surface area contributed by atoms with Crippen molar-refractivity contribution in [2.45, 2.75) is 111 Å². The van der Waals surface area contributed by atoms with Crippen molar-refractivity contribution in [1.29, 1.82) is 0 Å². The summed E-state index contributed by atoms with van der Waals surface area (Å²) in [6.45, 7) is 13.4. The topological polar surface area (TPSA) is 77.8 Å². The van der Waals surface area contributed by atoms with E-state index in [-0.39, 0.29) is 29.1 Å². The van der Waals surface area contributed by atoms with E-state index in [4.69, 9.17) is 0 Å². The average molecular weight is 459 g/mol. The van der Waals surface area contributed by atoms with Gasteiger partial charge in [0.15, 0.2) is 5.78 Å². The highest BCUT2D eigenvalue weighted by atomic mass is 16.3. The van der Waals surface area contributed by atoms with Crippen molar-refractivity contribution in [3.8, 4) is 0 Å². The highest BCUT2D eigenvalue weighted by molar-refractivity contribution is 6.00. The Morgan fingerprint density at radius 2 is 1.76 bits per heavy atom. The Balaban J connectivity index is 1.72. The molecule has 9 atom stereocenters. The van der Waals surface area contributed by atoms with Crippen LogP contribution in [0.25, 0.3) is 0 Å². The number of hydrogen-bond donors (Lipinski definition) is 3. The fraction of sp³-hybridized carbons (Fsp3) is 0.828. The number of aliphatic hydroxyl groups is 3. The highest BCUT2D eigenvalue weighted by Gasteiger charge is 2.66. The molecule has 0 unspecified atom stereocenters. The van der Waals surface area contributed by atoms with Crippen LogP contribution in [0.3, 0.4) is 0 Å². The molecule has 33 heavy (non-hydrogen) atoms. The van der Waals surface area contributed by atoms with E-state index in [1.165, 1.54) is 0 Å². The van der Waals surface area contributed by atoms with Crippen LogP contribution in [0.1, 0.15) is 92.9 Å². The molecule has 4 nitrogen and oxygen atoms in total. The molecule has 4 aliphatic carbocycles. The van der Waals surface area contributed by atoms with Gasteiger partial charge in [-0.2, -0.15) is 0 Å². The Morgan fingerprint density at radius 1 is 1.06 bits per heavy atom. The maximum atomic E-state index is 13.5. The molecule has 0 aromatic heterocycles. The van der Waals surface area contributed by atoms with Crippen molar-refractivity contribution >= 4 is 5.78 Å². The van der Waals surface area contributed by atoms with Gasteiger partial charge in [-0.3, -0.25) is 4.79 Å². The quantitative estimate of drug-likeness (QED) is 0.494. The summed E-state index contributed by atoms with van der Waals surface area (Å²) in [5.74, 6) is 1.72. The minimum atomic E-state index is -1.19. The Kier molecular flexibility index (Phi) is 6.55. The Morgan fingerprint density at radius 3 is 2.39 bits per heavy atom. The van der Waals surface area contributed by atoms with E-state index in [1.54, 1.807) is 0 Å². The van der Waals surface area contributed by atoms with Crippen molar-refractivity contribution < 1.29 is 20.1 Å². The van der Waals surface area contributed by atoms with Gasteiger partial charge in [0.25, 0.3) is 0 Å². The second kappa shape index (κ2) is 8.60. The molecule has 3 fully saturated rings. The Labute approximate surface area is 200 Å². The number of fused-ring (bicyclic) bond motifs is 4. The predicted molar refractivity (Wildman–Crippen MR) is 131 cm³/mol. The smallest absolute Gasteiger partial charge is 0.162 e. The Bertz CT molecular complexity index is 843. The number of rotatable bonds is 5. The van der Waals surface area contributed by atoms with E-state index in [0.29, 0.717) is 55.4 Å². The van der Waals surface area contributed by atoms with Crippen molar-refractivity contribution in [3.05, 3.63) is 23.3 Å². The van der Waals surface area contributed by atoms with Crippen LogP contribution in [0.15, 0.2) is 23.3 Å². The van der Waals surface area contributed by atoms with Crippen LogP contribution in [0.5, 0.6) is 0 Å². The average Bonchev–Trinajstić information content (AvgIpc) is 3.01. The zero-order valence-corrected chi connectivity index (χ0v) is 21.6. The van der Waals surface area contributed by atoms with Crippen LogP contribution in [0.4, 0.5) is 0 Å². The van der Waals surface area contributed by atoms with Crippen molar-refractivity contribution in [2.75, 3.05) is 0 Å². The summed E-state index contributed by atoms with van der Waals surface area (Å²) in [4.78, 5) is 13.5. The monoisotopic (exact) mass is 458 g/mol. The maximum absolute atomic E-state index is 13.5. The number of hydrogen-bond acceptors (Lipinski definition) is 4. The van der Waals surface area contributed by atoms with Crippen LogP contribution in [0, 0.1) is 40.4 Å². The molecule has 0 saturated heterocycles. The molecule has 4 aliphatic rings. The molecular formula is C29H46O4. The second-order valence-electron chi connectivity index (χ2n) is 12.7. The van der Waals surface area contributed by atoms with Crippen molar-refractivity contribution in [2.24, 2.45) is 40.4 Å². The molecule has 4 rings (SSSR count). The third-order valence-corrected chi connectivity index (χ3v) is 10.7. The lowest BCUT2D eigenvalue weighted by Gasteiger charge is -2.60. The molecule has 0 spiro atoms. The summed E-state index contributed by atoms with van der Waals surface area (Å²) in [5.41, 5.74) is -0.489. The van der Waals surface area contributed by atoms with Gasteiger partial charge < -0.3 is 15.3 Å². The summed E-state index contributed by atoms with van der Waals surface area (Å²) in [6.07, 6.45) is 9.16. The summed E-state index contributed by atoms with van der Waals surface area (Å²) >= 11 is 0. The minimum absolute atomic E-state index is 0.00347. The van der Waals surface area contributed by atoms with Gasteiger partial charge in [-0.15, -0.1) is 0 Å². The van der Waals surface area contributed by atoms with Crippen LogP contribution in [0.2, 0.25) is 0 Å². The summed E-state index contributed by atoms with van der Waals surface area (Å²) in [5, 5.41) is 33.8. The predicted octanol–water partition coefficient (Wildman–Crippen LogP) is 5.21. The molecule has 4 heteroatoms. The number of Topliss-reactive ketones (excluding diaryl/α,β-unsaturated/α-hetero) is 1. The molecule has 0 heterocycles. The van der Waals surface area contributed by atoms with Gasteiger partial charge in [0.05, 0.1) is 17.8 Å². The molecule has 3 saturated carbocycles. The molecule has 0 bridgehead atoms. The van der Waals surface area contributed by atoms with E-state index >= 15 is 0 Å². The van der Waals surface area contributed by atoms with E-state index in [1.807, 2.05) is 0 Å². The number of carbonyl (C=O) groups excluding carboxylic acids is 1. The molecule has 186 valence electrons. The van der Waals surface area contributed by atoms with E-state index in [2.05, 4.69) is 53.7 Å². The number of ketones is 1. The number of allylic oxidation sites excluding steroid dienone is 2. The first-order valence-electron chi connectivity index (χ1n) is 13.4. The molecule has 0 aliphatic heterocycles. The third kappa shape index (κ3) is 3.70.